The van der Waals surface area contributed by atoms with Crippen molar-refractivity contribution >= 4 is 27.8 Å². The van der Waals surface area contributed by atoms with E-state index in [0.717, 1.165) is 78.0 Å². The highest BCUT2D eigenvalue weighted by atomic mass is 16.5. The van der Waals surface area contributed by atoms with Gasteiger partial charge in [-0.05, 0) is 49.4 Å². The summed E-state index contributed by atoms with van der Waals surface area (Å²) in [5.74, 6) is 0. The molecule has 0 spiro atoms. The quantitative estimate of drug-likeness (QED) is 0.415. The molecule has 0 amide bonds. The first-order valence-corrected chi connectivity index (χ1v) is 11.7. The van der Waals surface area contributed by atoms with Gasteiger partial charge in [0.15, 0.2) is 5.65 Å². The van der Waals surface area contributed by atoms with Gasteiger partial charge in [-0.1, -0.05) is 6.07 Å². The Kier molecular flexibility index (Phi) is 5.24. The first-order chi connectivity index (χ1) is 16.2. The van der Waals surface area contributed by atoms with E-state index in [1.54, 1.807) is 6.33 Å². The van der Waals surface area contributed by atoms with Crippen LogP contribution < -0.4 is 11.1 Å². The monoisotopic (exact) mass is 447 g/mol. The van der Waals surface area contributed by atoms with E-state index in [-0.39, 0.29) is 12.1 Å². The largest absolute Gasteiger partial charge is 0.386 e. The van der Waals surface area contributed by atoms with Gasteiger partial charge in [0.05, 0.1) is 42.0 Å². The molecule has 2 fully saturated rings. The van der Waals surface area contributed by atoms with Gasteiger partial charge in [-0.15, -0.1) is 0 Å². The van der Waals surface area contributed by atoms with Crippen molar-refractivity contribution in [2.24, 2.45) is 5.73 Å². The summed E-state index contributed by atoms with van der Waals surface area (Å²) in [4.78, 5) is 12.4. The van der Waals surface area contributed by atoms with E-state index in [0.29, 0.717) is 18.3 Å². The van der Waals surface area contributed by atoms with E-state index in [2.05, 4.69) is 38.2 Å². The zero-order chi connectivity index (χ0) is 22.4. The maximum Gasteiger partial charge on any atom is 0.180 e. The summed E-state index contributed by atoms with van der Waals surface area (Å²) in [6.07, 6.45) is 5.81. The first-order valence-electron chi connectivity index (χ1n) is 11.7. The van der Waals surface area contributed by atoms with Gasteiger partial charge < -0.3 is 25.5 Å². The normalized spacial score (nSPS) is 21.5. The fraction of sp³-hybridized carbons (Fsp3) is 0.458. The fourth-order valence-electron chi connectivity index (χ4n) is 4.82. The molecule has 6 rings (SSSR count). The number of rotatable bonds is 6. The number of anilines is 1. The molecule has 0 bridgehead atoms. The molecule has 2 atom stereocenters. The van der Waals surface area contributed by atoms with Crippen LogP contribution in [0.25, 0.3) is 33.5 Å². The summed E-state index contributed by atoms with van der Waals surface area (Å²) >= 11 is 0. The molecule has 2 aliphatic rings. The topological polar surface area (TPSA) is 116 Å². The molecular weight excluding hydrogens is 418 g/mol. The molecule has 33 heavy (non-hydrogen) atoms. The van der Waals surface area contributed by atoms with E-state index in [1.807, 2.05) is 13.1 Å². The molecule has 172 valence electrons. The number of ether oxygens (including phenoxy) is 2. The van der Waals surface area contributed by atoms with Crippen molar-refractivity contribution in [3.8, 4) is 11.4 Å². The van der Waals surface area contributed by atoms with E-state index >= 15 is 0 Å². The molecule has 3 aromatic heterocycles. The predicted molar refractivity (Wildman–Crippen MR) is 127 cm³/mol. The molecule has 1 aliphatic carbocycles. The molecule has 9 heteroatoms. The van der Waals surface area contributed by atoms with Crippen LogP contribution in [0.2, 0.25) is 0 Å². The van der Waals surface area contributed by atoms with Crippen molar-refractivity contribution in [1.82, 2.24) is 24.7 Å². The Morgan fingerprint density at radius 2 is 2.09 bits per heavy atom. The number of H-pyrrole nitrogens is 1. The van der Waals surface area contributed by atoms with Crippen LogP contribution >= 0.6 is 0 Å². The predicted octanol–water partition coefficient (Wildman–Crippen LogP) is 3.37. The Balaban J connectivity index is 1.45. The molecule has 9 nitrogen and oxygen atoms in total. The number of pyridine rings is 1. The lowest BCUT2D eigenvalue weighted by Gasteiger charge is -2.33. The molecule has 1 aliphatic heterocycles. The Labute approximate surface area is 191 Å². The molecule has 1 aromatic carbocycles. The van der Waals surface area contributed by atoms with Crippen molar-refractivity contribution in [2.45, 2.75) is 50.5 Å². The second-order valence-corrected chi connectivity index (χ2v) is 8.99. The summed E-state index contributed by atoms with van der Waals surface area (Å²) in [5.41, 5.74) is 12.4. The van der Waals surface area contributed by atoms with E-state index < -0.39 is 0 Å². The Morgan fingerprint density at radius 3 is 2.85 bits per heavy atom. The number of hydrogen-bond donors (Lipinski definition) is 3. The minimum atomic E-state index is 0.158. The van der Waals surface area contributed by atoms with Gasteiger partial charge in [-0.25, -0.2) is 9.97 Å². The number of imidazole rings is 1. The lowest BCUT2D eigenvalue weighted by molar-refractivity contribution is -0.0245. The standard InChI is InChI=1S/C24H29N7O2/c1-26-18-11-19(29-24-23(18)27-13-28-24)22-16-10-14(12-33-21-5-3-17(21)25)2-4-20(16)31(30-22)15-6-8-32-9-7-15/h2,4,10-11,13,15,17,21H,3,5-9,12,25H2,1H3,(H2,26,27,28,29)/t17-,21-/m1/s1. The van der Waals surface area contributed by atoms with Crippen molar-refractivity contribution in [2.75, 3.05) is 25.6 Å². The third kappa shape index (κ3) is 3.66. The molecule has 0 unspecified atom stereocenters. The first kappa shape index (κ1) is 20.6. The zero-order valence-electron chi connectivity index (χ0n) is 18.8. The Morgan fingerprint density at radius 1 is 1.21 bits per heavy atom. The second-order valence-electron chi connectivity index (χ2n) is 8.99. The molecule has 4 aromatic rings. The molecule has 1 saturated carbocycles. The van der Waals surface area contributed by atoms with E-state index in [4.69, 9.17) is 25.3 Å². The average molecular weight is 448 g/mol. The lowest BCUT2D eigenvalue weighted by atomic mass is 9.90. The van der Waals surface area contributed by atoms with Crippen LogP contribution in [0.5, 0.6) is 0 Å². The van der Waals surface area contributed by atoms with Crippen LogP contribution in [0.3, 0.4) is 0 Å². The van der Waals surface area contributed by atoms with E-state index in [1.165, 1.54) is 0 Å². The van der Waals surface area contributed by atoms with Crippen molar-refractivity contribution < 1.29 is 9.47 Å². The molecule has 0 radical (unpaired) electrons. The van der Waals surface area contributed by atoms with Crippen molar-refractivity contribution in [1.29, 1.82) is 0 Å². The van der Waals surface area contributed by atoms with Crippen molar-refractivity contribution in [3.05, 3.63) is 36.2 Å². The minimum absolute atomic E-state index is 0.158. The highest BCUT2D eigenvalue weighted by molar-refractivity contribution is 5.96. The van der Waals surface area contributed by atoms with Crippen LogP contribution in [0.15, 0.2) is 30.6 Å². The lowest BCUT2D eigenvalue weighted by Crippen LogP contribution is -2.45. The van der Waals surface area contributed by atoms with Crippen LogP contribution in [-0.2, 0) is 16.1 Å². The van der Waals surface area contributed by atoms with Crippen molar-refractivity contribution in [3.63, 3.8) is 0 Å². The number of nitrogens with zero attached hydrogens (tertiary/aromatic N) is 4. The second kappa shape index (κ2) is 8.40. The number of hydrogen-bond acceptors (Lipinski definition) is 7. The van der Waals surface area contributed by atoms with E-state index in [9.17, 15) is 0 Å². The Hall–Kier alpha value is -3.01. The summed E-state index contributed by atoms with van der Waals surface area (Å²) < 4.78 is 13.8. The van der Waals surface area contributed by atoms with Crippen LogP contribution in [0, 0.1) is 0 Å². The molecule has 4 heterocycles. The third-order valence-corrected chi connectivity index (χ3v) is 6.94. The summed E-state index contributed by atoms with van der Waals surface area (Å²) in [7, 11) is 1.90. The number of nitrogens with two attached hydrogens (primary N) is 1. The van der Waals surface area contributed by atoms with Gasteiger partial charge in [-0.2, -0.15) is 5.10 Å². The molecule has 4 N–H and O–H groups in total. The zero-order valence-corrected chi connectivity index (χ0v) is 18.8. The summed E-state index contributed by atoms with van der Waals surface area (Å²) in [5, 5.41) is 9.42. The molecule has 1 saturated heterocycles. The fourth-order valence-corrected chi connectivity index (χ4v) is 4.82. The third-order valence-electron chi connectivity index (χ3n) is 6.94. The number of aromatic amines is 1. The van der Waals surface area contributed by atoms with Gasteiger partial charge in [0.25, 0.3) is 0 Å². The highest BCUT2D eigenvalue weighted by Gasteiger charge is 2.28. The summed E-state index contributed by atoms with van der Waals surface area (Å²) in [6.45, 7) is 2.07. The van der Waals surface area contributed by atoms with Gasteiger partial charge in [0.2, 0.25) is 0 Å². The number of nitrogens with one attached hydrogen (secondary N) is 2. The Bertz CT molecular complexity index is 1290. The highest BCUT2D eigenvalue weighted by Crippen LogP contribution is 2.35. The van der Waals surface area contributed by atoms with Crippen LogP contribution in [0.1, 0.15) is 37.3 Å². The molecular formula is C24H29N7O2. The van der Waals surface area contributed by atoms with Crippen LogP contribution in [-0.4, -0.2) is 57.1 Å². The van der Waals surface area contributed by atoms with Gasteiger partial charge in [-0.3, -0.25) is 4.68 Å². The smallest absolute Gasteiger partial charge is 0.180 e. The minimum Gasteiger partial charge on any atom is -0.386 e. The van der Waals surface area contributed by atoms with Gasteiger partial charge in [0.1, 0.15) is 11.2 Å². The number of fused-ring (bicyclic) bond motifs is 2. The SMILES string of the molecule is CNc1cc(-c2nn(C3CCOCC3)c3ccc(CO[C@@H]4CC[C@H]4N)cc23)nc2nc[nH]c12. The van der Waals surface area contributed by atoms with Gasteiger partial charge >= 0.3 is 0 Å². The maximum absolute atomic E-state index is 6.07. The average Bonchev–Trinajstić information content (AvgIpc) is 3.47. The maximum atomic E-state index is 6.07. The number of aromatic nitrogens is 5. The number of benzene rings is 1. The van der Waals surface area contributed by atoms with Crippen LogP contribution in [0.4, 0.5) is 5.69 Å². The van der Waals surface area contributed by atoms with Gasteiger partial charge in [0, 0.05) is 31.7 Å². The summed E-state index contributed by atoms with van der Waals surface area (Å²) in [6, 6.07) is 8.98.